The molecule has 0 unspecified atom stereocenters. The summed E-state index contributed by atoms with van der Waals surface area (Å²) in [7, 11) is 1.25. The normalized spacial score (nSPS) is 34.8. The molecule has 3 aliphatic rings. The zero-order valence-corrected chi connectivity index (χ0v) is 20.7. The van der Waals surface area contributed by atoms with Gasteiger partial charge in [0.1, 0.15) is 30.2 Å². The van der Waals surface area contributed by atoms with E-state index in [1.54, 1.807) is 18.2 Å². The largest absolute Gasteiger partial charge is 0.508 e. The van der Waals surface area contributed by atoms with Gasteiger partial charge in [-0.2, -0.15) is 0 Å². The van der Waals surface area contributed by atoms with Gasteiger partial charge in [-0.15, -0.1) is 0 Å². The maximum Gasteiger partial charge on any atom is 0.337 e. The van der Waals surface area contributed by atoms with Crippen molar-refractivity contribution in [1.29, 1.82) is 0 Å². The molecule has 0 radical (unpaired) electrons. The lowest BCUT2D eigenvalue weighted by Crippen LogP contribution is -2.60. The first-order valence-corrected chi connectivity index (χ1v) is 12.3. The van der Waals surface area contributed by atoms with Crippen LogP contribution < -0.4 is 0 Å². The Morgan fingerprint density at radius 3 is 2.47 bits per heavy atom. The highest BCUT2D eigenvalue weighted by Crippen LogP contribution is 2.47. The van der Waals surface area contributed by atoms with E-state index < -0.39 is 61.5 Å². The van der Waals surface area contributed by atoms with Gasteiger partial charge in [-0.3, -0.25) is 0 Å². The van der Waals surface area contributed by atoms with Crippen molar-refractivity contribution >= 4 is 18.0 Å². The summed E-state index contributed by atoms with van der Waals surface area (Å²) in [6.07, 6.45) is -3.33. The molecule has 1 aromatic carbocycles. The molecule has 0 spiro atoms. The lowest BCUT2D eigenvalue weighted by Gasteiger charge is -2.43. The van der Waals surface area contributed by atoms with Crippen LogP contribution in [0.3, 0.4) is 0 Å². The van der Waals surface area contributed by atoms with Gasteiger partial charge in [0.15, 0.2) is 6.29 Å². The Labute approximate surface area is 218 Å². The van der Waals surface area contributed by atoms with Crippen molar-refractivity contribution in [3.05, 3.63) is 47.7 Å². The van der Waals surface area contributed by atoms with Crippen molar-refractivity contribution in [3.8, 4) is 5.75 Å². The molecule has 12 nitrogen and oxygen atoms in total. The standard InChI is InChI=1S/C26H32O12/c1-34-24(33)17-12-36-25(38-26-23(32)22(31)21(30)18(10-27)37-26)20-14(5-8-16(17)20)11-35-19(29)9-4-13-2-6-15(28)7-3-13/h2-4,6-7,9,12,14,16,18,20-23,25-28,30-32H,5,8,10-11H2,1H3/b9-4+/t14-,16-,18-,20-,21-,22+,23-,25+,26+/m1/s1. The summed E-state index contributed by atoms with van der Waals surface area (Å²) in [5.74, 6) is -2.21. The van der Waals surface area contributed by atoms with Crippen molar-refractivity contribution in [2.45, 2.75) is 49.8 Å². The van der Waals surface area contributed by atoms with Crippen LogP contribution in [-0.4, -0.2) is 94.8 Å². The van der Waals surface area contributed by atoms with Crippen molar-refractivity contribution < 1.29 is 58.8 Å². The summed E-state index contributed by atoms with van der Waals surface area (Å²) in [5.41, 5.74) is 0.995. The molecular weight excluding hydrogens is 504 g/mol. The summed E-state index contributed by atoms with van der Waals surface area (Å²) in [4.78, 5) is 24.7. The monoisotopic (exact) mass is 536 g/mol. The van der Waals surface area contributed by atoms with Crippen LogP contribution in [0.2, 0.25) is 0 Å². The molecule has 208 valence electrons. The number of phenolic OH excluding ortho intramolecular Hbond substituents is 1. The number of aliphatic hydroxyl groups is 4. The molecule has 1 aromatic rings. The molecule has 5 N–H and O–H groups in total. The fraction of sp³-hybridized carbons (Fsp3) is 0.538. The topological polar surface area (TPSA) is 181 Å². The Kier molecular flexibility index (Phi) is 9.03. The second-order valence-electron chi connectivity index (χ2n) is 9.48. The van der Waals surface area contributed by atoms with Gasteiger partial charge in [0.25, 0.3) is 0 Å². The summed E-state index contributed by atoms with van der Waals surface area (Å²) >= 11 is 0. The molecule has 1 saturated carbocycles. The second kappa shape index (κ2) is 12.2. The quantitative estimate of drug-likeness (QED) is 0.219. The number of benzene rings is 1. The van der Waals surface area contributed by atoms with Gasteiger partial charge in [0, 0.05) is 23.8 Å². The zero-order valence-electron chi connectivity index (χ0n) is 20.7. The molecule has 4 rings (SSSR count). The minimum atomic E-state index is -1.64. The van der Waals surface area contributed by atoms with E-state index >= 15 is 0 Å². The van der Waals surface area contributed by atoms with Gasteiger partial charge in [-0.25, -0.2) is 9.59 Å². The third kappa shape index (κ3) is 6.01. The number of carbonyl (C=O) groups is 2. The Morgan fingerprint density at radius 2 is 1.79 bits per heavy atom. The van der Waals surface area contributed by atoms with Gasteiger partial charge >= 0.3 is 11.9 Å². The van der Waals surface area contributed by atoms with Crippen LogP contribution in [0, 0.1) is 17.8 Å². The third-order valence-electron chi connectivity index (χ3n) is 7.18. The number of phenols is 1. The number of aromatic hydroxyl groups is 1. The van der Waals surface area contributed by atoms with Crippen LogP contribution in [-0.2, 0) is 33.3 Å². The molecule has 0 amide bonds. The lowest BCUT2D eigenvalue weighted by atomic mass is 9.83. The second-order valence-corrected chi connectivity index (χ2v) is 9.48. The average Bonchev–Trinajstić information content (AvgIpc) is 3.36. The molecule has 12 heteroatoms. The molecule has 2 fully saturated rings. The fourth-order valence-electron chi connectivity index (χ4n) is 5.13. The van der Waals surface area contributed by atoms with Crippen LogP contribution in [0.4, 0.5) is 0 Å². The highest BCUT2D eigenvalue weighted by Gasteiger charge is 2.52. The first kappa shape index (κ1) is 28.0. The minimum absolute atomic E-state index is 0.00767. The first-order valence-electron chi connectivity index (χ1n) is 12.3. The minimum Gasteiger partial charge on any atom is -0.508 e. The Balaban J connectivity index is 1.46. The van der Waals surface area contributed by atoms with E-state index in [0.29, 0.717) is 24.0 Å². The molecular formula is C26H32O12. The number of aliphatic hydroxyl groups excluding tert-OH is 4. The van der Waals surface area contributed by atoms with Crippen LogP contribution in [0.1, 0.15) is 18.4 Å². The van der Waals surface area contributed by atoms with Gasteiger partial charge in [-0.1, -0.05) is 12.1 Å². The van der Waals surface area contributed by atoms with Crippen LogP contribution in [0.25, 0.3) is 6.08 Å². The van der Waals surface area contributed by atoms with Crippen molar-refractivity contribution in [1.82, 2.24) is 0 Å². The fourth-order valence-corrected chi connectivity index (χ4v) is 5.13. The van der Waals surface area contributed by atoms with E-state index in [1.165, 1.54) is 31.6 Å². The van der Waals surface area contributed by atoms with Gasteiger partial charge in [0.05, 0.1) is 32.2 Å². The average molecular weight is 537 g/mol. The molecule has 2 aliphatic heterocycles. The zero-order chi connectivity index (χ0) is 27.4. The third-order valence-corrected chi connectivity index (χ3v) is 7.18. The molecule has 9 atom stereocenters. The number of carbonyl (C=O) groups excluding carboxylic acids is 2. The van der Waals surface area contributed by atoms with E-state index in [2.05, 4.69) is 0 Å². The number of fused-ring (bicyclic) bond motifs is 1. The Bertz CT molecular complexity index is 1040. The number of methoxy groups -OCH3 is 1. The Morgan fingerprint density at radius 1 is 1.05 bits per heavy atom. The van der Waals surface area contributed by atoms with E-state index in [1.807, 2.05) is 0 Å². The first-order chi connectivity index (χ1) is 18.2. The summed E-state index contributed by atoms with van der Waals surface area (Å²) in [6.45, 7) is -0.628. The molecule has 1 aliphatic carbocycles. The van der Waals surface area contributed by atoms with Crippen molar-refractivity contribution in [2.24, 2.45) is 17.8 Å². The van der Waals surface area contributed by atoms with Crippen LogP contribution in [0.15, 0.2) is 42.2 Å². The van der Waals surface area contributed by atoms with E-state index in [4.69, 9.17) is 23.7 Å². The molecule has 2 heterocycles. The predicted molar refractivity (Wildman–Crippen MR) is 128 cm³/mol. The van der Waals surface area contributed by atoms with Gasteiger partial charge < -0.3 is 49.2 Å². The number of hydrogen-bond acceptors (Lipinski definition) is 12. The SMILES string of the molecule is COC(=O)C1=CO[C@@H](O[C@@H]2O[C@H](CO)[C@@H](O)[C@H](O)[C@H]2O)[C@@H]2[C@@H](COC(=O)/C=C/c3ccc(O)cc3)CC[C@H]12. The highest BCUT2D eigenvalue weighted by atomic mass is 16.8. The van der Waals surface area contributed by atoms with E-state index in [9.17, 15) is 35.1 Å². The van der Waals surface area contributed by atoms with Crippen molar-refractivity contribution in [3.63, 3.8) is 0 Å². The summed E-state index contributed by atoms with van der Waals surface area (Å²) in [6, 6.07) is 6.27. The highest BCUT2D eigenvalue weighted by molar-refractivity contribution is 5.89. The van der Waals surface area contributed by atoms with E-state index in [0.717, 1.165) is 0 Å². The smallest absolute Gasteiger partial charge is 0.337 e. The lowest BCUT2D eigenvalue weighted by molar-refractivity contribution is -0.342. The van der Waals surface area contributed by atoms with Gasteiger partial charge in [0.2, 0.25) is 6.29 Å². The molecule has 0 bridgehead atoms. The Hall–Kier alpha value is -3.00. The summed E-state index contributed by atoms with van der Waals surface area (Å²) < 4.78 is 27.4. The molecule has 38 heavy (non-hydrogen) atoms. The molecule has 0 aromatic heterocycles. The van der Waals surface area contributed by atoms with Crippen LogP contribution >= 0.6 is 0 Å². The van der Waals surface area contributed by atoms with Gasteiger partial charge in [-0.05, 0) is 36.6 Å². The maximum absolute atomic E-state index is 12.4. The van der Waals surface area contributed by atoms with Crippen LogP contribution in [0.5, 0.6) is 5.75 Å². The predicted octanol–water partition coefficient (Wildman–Crippen LogP) is -0.179. The summed E-state index contributed by atoms with van der Waals surface area (Å²) in [5, 5.41) is 49.4. The number of esters is 2. The maximum atomic E-state index is 12.4. The number of hydrogen-bond donors (Lipinski definition) is 5. The number of ether oxygens (including phenoxy) is 5. The number of rotatable bonds is 8. The molecule has 1 saturated heterocycles. The van der Waals surface area contributed by atoms with E-state index in [-0.39, 0.29) is 24.2 Å². The van der Waals surface area contributed by atoms with Crippen molar-refractivity contribution in [2.75, 3.05) is 20.3 Å².